The Morgan fingerprint density at radius 3 is 2.71 bits per heavy atom. The average molecular weight is 308 g/mol. The van der Waals surface area contributed by atoms with Gasteiger partial charge in [-0.3, -0.25) is 4.79 Å². The highest BCUT2D eigenvalue weighted by molar-refractivity contribution is 6.31. The number of fused-ring (bicyclic) bond motifs is 1. The number of hydrogen-bond acceptors (Lipinski definition) is 2. The molecule has 0 saturated heterocycles. The van der Waals surface area contributed by atoms with Gasteiger partial charge in [0.2, 0.25) is 0 Å². The summed E-state index contributed by atoms with van der Waals surface area (Å²) >= 11 is 5.84. The molecule has 0 unspecified atom stereocenters. The quantitative estimate of drug-likeness (QED) is 0.751. The zero-order valence-electron chi connectivity index (χ0n) is 10.5. The first-order valence-corrected chi connectivity index (χ1v) is 6.36. The Balaban J connectivity index is 1.91. The van der Waals surface area contributed by atoms with Crippen molar-refractivity contribution in [2.24, 2.45) is 0 Å². The van der Waals surface area contributed by atoms with Gasteiger partial charge in [-0.25, -0.2) is 8.78 Å². The minimum absolute atomic E-state index is 0.0177. The van der Waals surface area contributed by atoms with Gasteiger partial charge in [-0.2, -0.15) is 0 Å². The highest BCUT2D eigenvalue weighted by Gasteiger charge is 2.15. The zero-order chi connectivity index (χ0) is 15.0. The third kappa shape index (κ3) is 2.73. The zero-order valence-corrected chi connectivity index (χ0v) is 11.2. The van der Waals surface area contributed by atoms with Crippen molar-refractivity contribution in [3.63, 3.8) is 0 Å². The van der Waals surface area contributed by atoms with Crippen molar-refractivity contribution >= 4 is 34.2 Å². The number of carbonyl (C=O) groups excluding carboxylic acids is 1. The van der Waals surface area contributed by atoms with Crippen molar-refractivity contribution in [2.75, 3.05) is 5.32 Å². The third-order valence-electron chi connectivity index (χ3n) is 2.88. The molecule has 0 atom stereocenters. The van der Waals surface area contributed by atoms with Crippen LogP contribution < -0.4 is 5.32 Å². The lowest BCUT2D eigenvalue weighted by Gasteiger charge is -2.04. The van der Waals surface area contributed by atoms with Crippen molar-refractivity contribution in [1.82, 2.24) is 0 Å². The van der Waals surface area contributed by atoms with E-state index in [0.717, 1.165) is 18.2 Å². The number of benzene rings is 2. The predicted molar refractivity (Wildman–Crippen MR) is 75.5 cm³/mol. The van der Waals surface area contributed by atoms with Gasteiger partial charge in [0.15, 0.2) is 5.76 Å². The van der Waals surface area contributed by atoms with E-state index in [9.17, 15) is 13.6 Å². The fraction of sp³-hybridized carbons (Fsp3) is 0. The van der Waals surface area contributed by atoms with E-state index in [1.807, 2.05) is 0 Å². The molecule has 0 aliphatic rings. The van der Waals surface area contributed by atoms with Gasteiger partial charge in [0.25, 0.3) is 5.91 Å². The van der Waals surface area contributed by atoms with Crippen molar-refractivity contribution in [3.8, 4) is 0 Å². The molecule has 3 aromatic rings. The number of anilines is 1. The molecule has 106 valence electrons. The van der Waals surface area contributed by atoms with Crippen LogP contribution in [0.5, 0.6) is 0 Å². The predicted octanol–water partition coefficient (Wildman–Crippen LogP) is 4.62. The Kier molecular flexibility index (Phi) is 3.35. The molecule has 1 heterocycles. The van der Waals surface area contributed by atoms with Gasteiger partial charge in [-0.05, 0) is 36.4 Å². The summed E-state index contributed by atoms with van der Waals surface area (Å²) in [5.41, 5.74) is 0.225. The normalized spacial score (nSPS) is 10.8. The fourth-order valence-electron chi connectivity index (χ4n) is 1.90. The summed E-state index contributed by atoms with van der Waals surface area (Å²) in [7, 11) is 0. The Morgan fingerprint density at radius 1 is 1.10 bits per heavy atom. The summed E-state index contributed by atoms with van der Waals surface area (Å²) in [6.45, 7) is 0. The monoisotopic (exact) mass is 307 g/mol. The second kappa shape index (κ2) is 5.18. The second-order valence-electron chi connectivity index (χ2n) is 4.37. The van der Waals surface area contributed by atoms with Crippen molar-refractivity contribution in [1.29, 1.82) is 0 Å². The van der Waals surface area contributed by atoms with E-state index in [-0.39, 0.29) is 11.4 Å². The average Bonchev–Trinajstić information content (AvgIpc) is 2.86. The standard InChI is InChI=1S/C15H8ClF2NO2/c16-9-1-4-13-8(5-9)6-14(21-13)15(20)19-12-7-10(17)2-3-11(12)18/h1-7H,(H,19,20). The first-order valence-electron chi connectivity index (χ1n) is 5.98. The lowest BCUT2D eigenvalue weighted by atomic mass is 10.2. The lowest BCUT2D eigenvalue weighted by molar-refractivity contribution is 0.0998. The largest absolute Gasteiger partial charge is 0.451 e. The number of hydrogen-bond donors (Lipinski definition) is 1. The molecule has 0 aliphatic heterocycles. The Morgan fingerprint density at radius 2 is 1.90 bits per heavy atom. The summed E-state index contributed by atoms with van der Waals surface area (Å²) < 4.78 is 31.9. The fourth-order valence-corrected chi connectivity index (χ4v) is 2.08. The molecular formula is C15H8ClF2NO2. The van der Waals surface area contributed by atoms with E-state index in [1.165, 1.54) is 6.07 Å². The van der Waals surface area contributed by atoms with Gasteiger partial charge in [0, 0.05) is 16.5 Å². The molecule has 21 heavy (non-hydrogen) atoms. The van der Waals surface area contributed by atoms with Gasteiger partial charge >= 0.3 is 0 Å². The van der Waals surface area contributed by atoms with Gasteiger partial charge in [0.05, 0.1) is 5.69 Å². The maximum Gasteiger partial charge on any atom is 0.291 e. The van der Waals surface area contributed by atoms with Crippen LogP contribution in [-0.2, 0) is 0 Å². The lowest BCUT2D eigenvalue weighted by Crippen LogP contribution is -2.12. The third-order valence-corrected chi connectivity index (χ3v) is 3.11. The molecule has 6 heteroatoms. The number of halogens is 3. The maximum atomic E-state index is 13.5. The van der Waals surface area contributed by atoms with Gasteiger partial charge in [-0.1, -0.05) is 11.6 Å². The molecule has 0 spiro atoms. The Hall–Kier alpha value is -2.40. The molecule has 0 aliphatic carbocycles. The van der Waals surface area contributed by atoms with Crippen LogP contribution in [0.4, 0.5) is 14.5 Å². The van der Waals surface area contributed by atoms with Crippen molar-refractivity contribution in [3.05, 3.63) is 64.9 Å². The molecular weight excluding hydrogens is 300 g/mol. The van der Waals surface area contributed by atoms with Crippen LogP contribution in [0.3, 0.4) is 0 Å². The van der Waals surface area contributed by atoms with Crippen LogP contribution in [-0.4, -0.2) is 5.91 Å². The first kappa shape index (κ1) is 13.6. The molecule has 1 amide bonds. The highest BCUT2D eigenvalue weighted by atomic mass is 35.5. The molecule has 1 aromatic heterocycles. The summed E-state index contributed by atoms with van der Waals surface area (Å²) in [5, 5.41) is 3.41. The molecule has 1 N–H and O–H groups in total. The Labute approximate surface area is 123 Å². The maximum absolute atomic E-state index is 13.5. The van der Waals surface area contributed by atoms with Crippen LogP contribution in [0.15, 0.2) is 46.9 Å². The molecule has 0 radical (unpaired) electrons. The number of rotatable bonds is 2. The van der Waals surface area contributed by atoms with Crippen LogP contribution in [0.25, 0.3) is 11.0 Å². The van der Waals surface area contributed by atoms with E-state index in [4.69, 9.17) is 16.0 Å². The molecule has 2 aromatic carbocycles. The molecule has 0 bridgehead atoms. The molecule has 0 saturated carbocycles. The minimum atomic E-state index is -0.732. The van der Waals surface area contributed by atoms with E-state index in [0.29, 0.717) is 16.0 Å². The second-order valence-corrected chi connectivity index (χ2v) is 4.81. The molecule has 3 rings (SSSR count). The van der Waals surface area contributed by atoms with Crippen LogP contribution in [0.2, 0.25) is 5.02 Å². The SMILES string of the molecule is O=C(Nc1cc(F)ccc1F)c1cc2cc(Cl)ccc2o1. The number of amides is 1. The summed E-state index contributed by atoms with van der Waals surface area (Å²) in [4.78, 5) is 12.0. The van der Waals surface area contributed by atoms with E-state index < -0.39 is 17.5 Å². The van der Waals surface area contributed by atoms with E-state index in [1.54, 1.807) is 18.2 Å². The Bertz CT molecular complexity index is 845. The van der Waals surface area contributed by atoms with Gasteiger partial charge in [-0.15, -0.1) is 0 Å². The summed E-state index contributed by atoms with van der Waals surface area (Å²) in [6, 6.07) is 9.16. The van der Waals surface area contributed by atoms with Crippen molar-refractivity contribution in [2.45, 2.75) is 0 Å². The van der Waals surface area contributed by atoms with E-state index >= 15 is 0 Å². The number of carbonyl (C=O) groups is 1. The minimum Gasteiger partial charge on any atom is -0.451 e. The number of furan rings is 1. The van der Waals surface area contributed by atoms with E-state index in [2.05, 4.69) is 5.32 Å². The van der Waals surface area contributed by atoms with Gasteiger partial charge < -0.3 is 9.73 Å². The first-order chi connectivity index (χ1) is 10.0. The summed E-state index contributed by atoms with van der Waals surface area (Å²) in [5.74, 6) is -2.07. The molecule has 3 nitrogen and oxygen atoms in total. The topological polar surface area (TPSA) is 42.2 Å². The molecule has 0 fully saturated rings. The number of nitrogens with one attached hydrogen (secondary N) is 1. The van der Waals surface area contributed by atoms with Crippen molar-refractivity contribution < 1.29 is 18.0 Å². The van der Waals surface area contributed by atoms with Crippen LogP contribution >= 0.6 is 11.6 Å². The van der Waals surface area contributed by atoms with Crippen LogP contribution in [0.1, 0.15) is 10.6 Å². The smallest absolute Gasteiger partial charge is 0.291 e. The van der Waals surface area contributed by atoms with Gasteiger partial charge in [0.1, 0.15) is 17.2 Å². The highest BCUT2D eigenvalue weighted by Crippen LogP contribution is 2.24. The van der Waals surface area contributed by atoms with Crippen LogP contribution in [0, 0.1) is 11.6 Å². The summed E-state index contributed by atoms with van der Waals surface area (Å²) in [6.07, 6.45) is 0.